The van der Waals surface area contributed by atoms with E-state index in [2.05, 4.69) is 25.6 Å². The average Bonchev–Trinajstić information content (AvgIpc) is 3.51. The van der Waals surface area contributed by atoms with Crippen LogP contribution in [0.3, 0.4) is 0 Å². The summed E-state index contributed by atoms with van der Waals surface area (Å²) in [4.78, 5) is 0. The molecule has 3 heterocycles. The summed E-state index contributed by atoms with van der Waals surface area (Å²) in [6.45, 7) is 2.03. The number of fused-ring (bicyclic) bond motifs is 2. The standard InChI is InChI=1S/C23H16FN7/c1-14-3-2-4-17(9-14)30-21(7-8-26-30)16-10-19(24)23-22(11-16)31(29-28-23)18-6-5-15-13-25-27-20(15)12-18/h2-13H,1H3,(H,25,27). The number of nitrogens with zero attached hydrogens (tertiary/aromatic N) is 6. The molecule has 0 radical (unpaired) electrons. The van der Waals surface area contributed by atoms with E-state index < -0.39 is 5.82 Å². The van der Waals surface area contributed by atoms with Crippen LogP contribution in [0.2, 0.25) is 0 Å². The molecule has 6 rings (SSSR count). The molecule has 3 aromatic carbocycles. The van der Waals surface area contributed by atoms with Gasteiger partial charge in [0.05, 0.1) is 40.5 Å². The van der Waals surface area contributed by atoms with Gasteiger partial charge in [0, 0.05) is 10.9 Å². The van der Waals surface area contributed by atoms with Gasteiger partial charge in [0.1, 0.15) is 5.52 Å². The Labute approximate surface area is 175 Å². The molecular weight excluding hydrogens is 393 g/mol. The van der Waals surface area contributed by atoms with E-state index in [1.54, 1.807) is 21.8 Å². The third kappa shape index (κ3) is 2.80. The summed E-state index contributed by atoms with van der Waals surface area (Å²) in [5.74, 6) is -0.432. The molecule has 0 bridgehead atoms. The van der Waals surface area contributed by atoms with Crippen molar-refractivity contribution in [3.05, 3.63) is 84.4 Å². The maximum atomic E-state index is 15.0. The number of aromatic nitrogens is 7. The van der Waals surface area contributed by atoms with Crippen molar-refractivity contribution in [2.45, 2.75) is 6.92 Å². The largest absolute Gasteiger partial charge is 0.278 e. The zero-order valence-corrected chi connectivity index (χ0v) is 16.5. The van der Waals surface area contributed by atoms with E-state index in [0.29, 0.717) is 11.1 Å². The highest BCUT2D eigenvalue weighted by atomic mass is 19.1. The van der Waals surface area contributed by atoms with Crippen molar-refractivity contribution in [3.8, 4) is 22.6 Å². The molecule has 0 unspecified atom stereocenters. The molecule has 0 amide bonds. The third-order valence-electron chi connectivity index (χ3n) is 5.36. The first-order valence-corrected chi connectivity index (χ1v) is 9.77. The van der Waals surface area contributed by atoms with Crippen LogP contribution >= 0.6 is 0 Å². The predicted molar refractivity (Wildman–Crippen MR) is 116 cm³/mol. The van der Waals surface area contributed by atoms with Crippen LogP contribution in [0.1, 0.15) is 5.56 Å². The van der Waals surface area contributed by atoms with Crippen LogP contribution in [0.4, 0.5) is 4.39 Å². The minimum absolute atomic E-state index is 0.218. The van der Waals surface area contributed by atoms with Crippen molar-refractivity contribution in [1.82, 2.24) is 35.0 Å². The van der Waals surface area contributed by atoms with Crippen molar-refractivity contribution in [2.75, 3.05) is 0 Å². The fourth-order valence-electron chi connectivity index (χ4n) is 3.87. The molecular formula is C23H16FN7. The number of H-pyrrole nitrogens is 1. The highest BCUT2D eigenvalue weighted by molar-refractivity contribution is 5.85. The van der Waals surface area contributed by atoms with Gasteiger partial charge in [-0.05, 0) is 61.0 Å². The maximum Gasteiger partial charge on any atom is 0.153 e. The smallest absolute Gasteiger partial charge is 0.153 e. The second-order valence-electron chi connectivity index (χ2n) is 7.44. The van der Waals surface area contributed by atoms with Gasteiger partial charge in [-0.25, -0.2) is 13.8 Å². The van der Waals surface area contributed by atoms with Crippen molar-refractivity contribution in [3.63, 3.8) is 0 Å². The topological polar surface area (TPSA) is 77.2 Å². The highest BCUT2D eigenvalue weighted by Crippen LogP contribution is 2.29. The number of hydrogen-bond acceptors (Lipinski definition) is 4. The Hall–Kier alpha value is -4.33. The summed E-state index contributed by atoms with van der Waals surface area (Å²) in [7, 11) is 0. The molecule has 0 saturated carbocycles. The Morgan fingerprint density at radius 2 is 1.84 bits per heavy atom. The predicted octanol–water partition coefficient (Wildman–Crippen LogP) is 4.60. The van der Waals surface area contributed by atoms with Crippen molar-refractivity contribution in [2.24, 2.45) is 0 Å². The summed E-state index contributed by atoms with van der Waals surface area (Å²) in [6.07, 6.45) is 3.46. The lowest BCUT2D eigenvalue weighted by Crippen LogP contribution is -2.00. The number of nitrogens with one attached hydrogen (secondary N) is 1. The Kier molecular flexibility index (Phi) is 3.73. The van der Waals surface area contributed by atoms with Crippen LogP contribution in [0.5, 0.6) is 0 Å². The number of halogens is 1. The molecule has 7 nitrogen and oxygen atoms in total. The van der Waals surface area contributed by atoms with E-state index in [-0.39, 0.29) is 5.52 Å². The van der Waals surface area contributed by atoms with Gasteiger partial charge in [0.15, 0.2) is 5.82 Å². The number of hydrogen-bond donors (Lipinski definition) is 1. The Morgan fingerprint density at radius 1 is 0.935 bits per heavy atom. The van der Waals surface area contributed by atoms with Crippen LogP contribution in [0.25, 0.3) is 44.6 Å². The van der Waals surface area contributed by atoms with Gasteiger partial charge >= 0.3 is 0 Å². The van der Waals surface area contributed by atoms with E-state index in [4.69, 9.17) is 0 Å². The molecule has 3 aromatic heterocycles. The maximum absolute atomic E-state index is 15.0. The van der Waals surface area contributed by atoms with E-state index in [9.17, 15) is 0 Å². The zero-order valence-electron chi connectivity index (χ0n) is 16.5. The van der Waals surface area contributed by atoms with E-state index in [0.717, 1.165) is 33.5 Å². The monoisotopic (exact) mass is 409 g/mol. The van der Waals surface area contributed by atoms with Crippen LogP contribution in [0, 0.1) is 12.7 Å². The number of benzene rings is 3. The third-order valence-corrected chi connectivity index (χ3v) is 5.36. The Morgan fingerprint density at radius 3 is 2.74 bits per heavy atom. The van der Waals surface area contributed by atoms with Crippen LogP contribution in [-0.2, 0) is 0 Å². The first kappa shape index (κ1) is 17.5. The molecule has 8 heteroatoms. The van der Waals surface area contributed by atoms with Crippen molar-refractivity contribution >= 4 is 21.9 Å². The zero-order chi connectivity index (χ0) is 20.9. The SMILES string of the molecule is Cc1cccc(-n2nccc2-c2cc(F)c3nnn(-c4ccc5cn[nH]c5c4)c3c2)c1. The average molecular weight is 409 g/mol. The molecule has 1 N–H and O–H groups in total. The van der Waals surface area contributed by atoms with Gasteiger partial charge < -0.3 is 0 Å². The van der Waals surface area contributed by atoms with Gasteiger partial charge in [-0.3, -0.25) is 5.10 Å². The summed E-state index contributed by atoms with van der Waals surface area (Å²) < 4.78 is 18.4. The first-order valence-electron chi connectivity index (χ1n) is 9.77. The van der Waals surface area contributed by atoms with Gasteiger partial charge in [-0.15, -0.1) is 5.10 Å². The minimum atomic E-state index is -0.432. The van der Waals surface area contributed by atoms with E-state index >= 15 is 4.39 Å². The lowest BCUT2D eigenvalue weighted by molar-refractivity contribution is 0.636. The molecule has 0 aliphatic rings. The minimum Gasteiger partial charge on any atom is -0.278 e. The molecule has 0 spiro atoms. The Balaban J connectivity index is 1.54. The lowest BCUT2D eigenvalue weighted by Gasteiger charge is -2.10. The second kappa shape index (κ2) is 6.60. The molecule has 0 fully saturated rings. The molecule has 150 valence electrons. The highest BCUT2D eigenvalue weighted by Gasteiger charge is 2.16. The van der Waals surface area contributed by atoms with Crippen LogP contribution in [-0.4, -0.2) is 35.0 Å². The molecule has 0 aliphatic heterocycles. The van der Waals surface area contributed by atoms with Crippen LogP contribution < -0.4 is 0 Å². The van der Waals surface area contributed by atoms with Gasteiger partial charge in [0.2, 0.25) is 0 Å². The molecule has 6 aromatic rings. The summed E-state index contributed by atoms with van der Waals surface area (Å²) in [5.41, 5.74) is 5.94. The quantitative estimate of drug-likeness (QED) is 0.464. The van der Waals surface area contributed by atoms with Gasteiger partial charge in [-0.2, -0.15) is 10.2 Å². The fourth-order valence-corrected chi connectivity index (χ4v) is 3.87. The van der Waals surface area contributed by atoms with E-state index in [1.807, 2.05) is 61.5 Å². The molecule has 31 heavy (non-hydrogen) atoms. The number of aryl methyl sites for hydroxylation is 1. The van der Waals surface area contributed by atoms with Crippen molar-refractivity contribution < 1.29 is 4.39 Å². The summed E-state index contributed by atoms with van der Waals surface area (Å²) >= 11 is 0. The Bertz CT molecular complexity index is 1570. The normalized spacial score (nSPS) is 11.5. The molecule has 0 aliphatic carbocycles. The summed E-state index contributed by atoms with van der Waals surface area (Å²) in [6, 6.07) is 19.0. The van der Waals surface area contributed by atoms with E-state index in [1.165, 1.54) is 6.07 Å². The lowest BCUT2D eigenvalue weighted by atomic mass is 10.1. The fraction of sp³-hybridized carbons (Fsp3) is 0.0435. The number of rotatable bonds is 3. The van der Waals surface area contributed by atoms with Crippen molar-refractivity contribution in [1.29, 1.82) is 0 Å². The molecule has 0 saturated heterocycles. The van der Waals surface area contributed by atoms with Gasteiger partial charge in [0.25, 0.3) is 0 Å². The molecule has 0 atom stereocenters. The number of aromatic amines is 1. The first-order chi connectivity index (χ1) is 15.2. The second-order valence-corrected chi connectivity index (χ2v) is 7.44. The summed E-state index contributed by atoms with van der Waals surface area (Å²) in [5, 5.41) is 20.7. The van der Waals surface area contributed by atoms with Crippen LogP contribution in [0.15, 0.2) is 73.1 Å². The van der Waals surface area contributed by atoms with Gasteiger partial charge in [-0.1, -0.05) is 17.3 Å².